The third-order valence-electron chi connectivity index (χ3n) is 5.55. The summed E-state index contributed by atoms with van der Waals surface area (Å²) in [7, 11) is 1.82. The largest absolute Gasteiger partial charge is 0.381 e. The van der Waals surface area contributed by atoms with E-state index < -0.39 is 0 Å². The maximum Gasteiger partial charge on any atom is 0.191 e. The summed E-state index contributed by atoms with van der Waals surface area (Å²) in [5, 5.41) is 6.90. The highest BCUT2D eigenvalue weighted by atomic mass is 127. The highest BCUT2D eigenvalue weighted by Crippen LogP contribution is 2.23. The van der Waals surface area contributed by atoms with Crippen LogP contribution in [0, 0.1) is 5.92 Å². The maximum absolute atomic E-state index is 5.85. The molecule has 170 valence electrons. The Morgan fingerprint density at radius 2 is 1.61 bits per heavy atom. The predicted molar refractivity (Wildman–Crippen MR) is 138 cm³/mol. The second-order valence-electron chi connectivity index (χ2n) is 7.74. The van der Waals surface area contributed by atoms with Crippen LogP contribution in [0.25, 0.3) is 0 Å². The molecule has 0 aromatic heterocycles. The van der Waals surface area contributed by atoms with E-state index in [0.717, 1.165) is 64.7 Å². The molecule has 0 bridgehead atoms. The number of hydrogen-bond donors (Lipinski definition) is 2. The average Bonchev–Trinajstić information content (AvgIpc) is 2.82. The van der Waals surface area contributed by atoms with Gasteiger partial charge in [0.05, 0.1) is 0 Å². The number of halogens is 1. The predicted octanol–water partition coefficient (Wildman–Crippen LogP) is 4.43. The van der Waals surface area contributed by atoms with E-state index in [2.05, 4.69) is 76.3 Å². The molecule has 0 radical (unpaired) electrons. The van der Waals surface area contributed by atoms with Crippen molar-refractivity contribution in [3.8, 4) is 0 Å². The zero-order chi connectivity index (χ0) is 20.9. The first-order valence-corrected chi connectivity index (χ1v) is 11.1. The van der Waals surface area contributed by atoms with E-state index in [1.165, 1.54) is 11.1 Å². The van der Waals surface area contributed by atoms with Crippen LogP contribution in [0.2, 0.25) is 0 Å². The zero-order valence-corrected chi connectivity index (χ0v) is 20.8. The minimum atomic E-state index is 0. The lowest BCUT2D eigenvalue weighted by Gasteiger charge is -2.22. The molecule has 0 amide bonds. The Labute approximate surface area is 204 Å². The molecule has 1 fully saturated rings. The van der Waals surface area contributed by atoms with E-state index >= 15 is 0 Å². The Bertz CT molecular complexity index is 697. The van der Waals surface area contributed by atoms with Gasteiger partial charge in [-0.2, -0.15) is 0 Å². The van der Waals surface area contributed by atoms with Gasteiger partial charge in [-0.15, -0.1) is 24.0 Å². The van der Waals surface area contributed by atoms with Gasteiger partial charge in [0, 0.05) is 52.5 Å². The number of nitrogens with one attached hydrogen (secondary N) is 2. The fraction of sp³-hybridized carbons (Fsp3) is 0.480. The van der Waals surface area contributed by atoms with E-state index in [4.69, 9.17) is 9.47 Å². The number of rotatable bonds is 10. The lowest BCUT2D eigenvalue weighted by atomic mass is 9.91. The van der Waals surface area contributed by atoms with Gasteiger partial charge < -0.3 is 20.1 Å². The summed E-state index contributed by atoms with van der Waals surface area (Å²) < 4.78 is 11.2. The lowest BCUT2D eigenvalue weighted by Crippen LogP contribution is -2.40. The summed E-state index contributed by atoms with van der Waals surface area (Å²) in [5.41, 5.74) is 2.60. The molecule has 1 aliphatic rings. The molecule has 6 heteroatoms. The molecule has 2 aromatic carbocycles. The minimum Gasteiger partial charge on any atom is -0.381 e. The van der Waals surface area contributed by atoms with Crippen LogP contribution in [0.4, 0.5) is 0 Å². The van der Waals surface area contributed by atoms with Crippen LogP contribution in [-0.4, -0.2) is 52.5 Å². The molecule has 3 rings (SSSR count). The summed E-state index contributed by atoms with van der Waals surface area (Å²) in [5.74, 6) is 1.76. The Balaban J connectivity index is 0.00000341. The van der Waals surface area contributed by atoms with Crippen molar-refractivity contribution in [3.05, 3.63) is 71.8 Å². The van der Waals surface area contributed by atoms with Gasteiger partial charge in [-0.05, 0) is 36.3 Å². The summed E-state index contributed by atoms with van der Waals surface area (Å²) in [6, 6.07) is 21.2. The third kappa shape index (κ3) is 9.17. The van der Waals surface area contributed by atoms with Crippen molar-refractivity contribution < 1.29 is 9.47 Å². The average molecular weight is 537 g/mol. The number of benzene rings is 2. The SMILES string of the molecule is CN=C(NCCCOCC1CCOCC1)NCC(c1ccccc1)c1ccccc1.I. The number of hydrogen-bond acceptors (Lipinski definition) is 3. The van der Waals surface area contributed by atoms with Crippen molar-refractivity contribution >= 4 is 29.9 Å². The van der Waals surface area contributed by atoms with Crippen LogP contribution in [-0.2, 0) is 9.47 Å². The molecule has 1 aliphatic heterocycles. The Hall–Kier alpha value is -1.64. The van der Waals surface area contributed by atoms with E-state index in [-0.39, 0.29) is 29.9 Å². The Morgan fingerprint density at radius 3 is 2.19 bits per heavy atom. The van der Waals surface area contributed by atoms with Gasteiger partial charge in [0.25, 0.3) is 0 Å². The fourth-order valence-corrected chi connectivity index (χ4v) is 3.76. The normalized spacial score (nSPS) is 14.8. The van der Waals surface area contributed by atoms with Crippen molar-refractivity contribution in [1.82, 2.24) is 10.6 Å². The standard InChI is InChI=1S/C25H35N3O2.HI/c1-26-25(27-15-8-16-30-20-21-13-17-29-18-14-21)28-19-24(22-9-4-2-5-10-22)23-11-6-3-7-12-23;/h2-7,9-12,21,24H,8,13-20H2,1H3,(H2,26,27,28);1H. The first-order chi connectivity index (χ1) is 14.9. The number of nitrogens with zero attached hydrogens (tertiary/aromatic N) is 1. The molecule has 0 atom stereocenters. The van der Waals surface area contributed by atoms with Crippen molar-refractivity contribution in [2.45, 2.75) is 25.2 Å². The molecule has 0 unspecified atom stereocenters. The van der Waals surface area contributed by atoms with Crippen LogP contribution < -0.4 is 10.6 Å². The quantitative estimate of drug-likeness (QED) is 0.204. The third-order valence-corrected chi connectivity index (χ3v) is 5.55. The van der Waals surface area contributed by atoms with Gasteiger partial charge in [-0.3, -0.25) is 4.99 Å². The van der Waals surface area contributed by atoms with Gasteiger partial charge in [0.1, 0.15) is 0 Å². The molecule has 0 spiro atoms. The van der Waals surface area contributed by atoms with E-state index in [1.54, 1.807) is 0 Å². The molecule has 31 heavy (non-hydrogen) atoms. The van der Waals surface area contributed by atoms with Crippen LogP contribution in [0.5, 0.6) is 0 Å². The number of aliphatic imine (C=N–C) groups is 1. The molecule has 1 saturated heterocycles. The summed E-state index contributed by atoms with van der Waals surface area (Å²) in [6.07, 6.45) is 3.21. The Morgan fingerprint density at radius 1 is 1.00 bits per heavy atom. The van der Waals surface area contributed by atoms with Crippen LogP contribution in [0.1, 0.15) is 36.3 Å². The van der Waals surface area contributed by atoms with E-state index in [1.807, 2.05) is 7.05 Å². The van der Waals surface area contributed by atoms with Crippen LogP contribution in [0.15, 0.2) is 65.7 Å². The topological polar surface area (TPSA) is 54.9 Å². The van der Waals surface area contributed by atoms with Gasteiger partial charge in [0.15, 0.2) is 5.96 Å². The highest BCUT2D eigenvalue weighted by molar-refractivity contribution is 14.0. The van der Waals surface area contributed by atoms with Crippen LogP contribution >= 0.6 is 24.0 Å². The van der Waals surface area contributed by atoms with Gasteiger partial charge in [-0.1, -0.05) is 60.7 Å². The molecule has 5 nitrogen and oxygen atoms in total. The molecule has 2 aromatic rings. The smallest absolute Gasteiger partial charge is 0.191 e. The van der Waals surface area contributed by atoms with E-state index in [0.29, 0.717) is 5.92 Å². The molecule has 0 aliphatic carbocycles. The molecular formula is C25H36IN3O2. The first-order valence-electron chi connectivity index (χ1n) is 11.1. The maximum atomic E-state index is 5.85. The summed E-state index contributed by atoms with van der Waals surface area (Å²) in [4.78, 5) is 4.38. The number of guanidine groups is 1. The zero-order valence-electron chi connectivity index (χ0n) is 18.5. The second kappa shape index (κ2) is 15.2. The van der Waals surface area contributed by atoms with E-state index in [9.17, 15) is 0 Å². The Kier molecular flexibility index (Phi) is 12.6. The van der Waals surface area contributed by atoms with Crippen molar-refractivity contribution in [2.75, 3.05) is 46.6 Å². The highest BCUT2D eigenvalue weighted by Gasteiger charge is 2.15. The lowest BCUT2D eigenvalue weighted by molar-refractivity contribution is 0.0203. The summed E-state index contributed by atoms with van der Waals surface area (Å²) >= 11 is 0. The van der Waals surface area contributed by atoms with Gasteiger partial charge in [0.2, 0.25) is 0 Å². The second-order valence-corrected chi connectivity index (χ2v) is 7.74. The van der Waals surface area contributed by atoms with Gasteiger partial charge >= 0.3 is 0 Å². The monoisotopic (exact) mass is 537 g/mol. The molecular weight excluding hydrogens is 501 g/mol. The first kappa shape index (κ1) is 25.6. The molecule has 1 heterocycles. The minimum absolute atomic E-state index is 0. The van der Waals surface area contributed by atoms with Gasteiger partial charge in [-0.25, -0.2) is 0 Å². The van der Waals surface area contributed by atoms with Crippen molar-refractivity contribution in [3.63, 3.8) is 0 Å². The molecule has 0 saturated carbocycles. The number of ether oxygens (including phenoxy) is 2. The van der Waals surface area contributed by atoms with Crippen LogP contribution in [0.3, 0.4) is 0 Å². The van der Waals surface area contributed by atoms with Crippen molar-refractivity contribution in [1.29, 1.82) is 0 Å². The van der Waals surface area contributed by atoms with Crippen molar-refractivity contribution in [2.24, 2.45) is 10.9 Å². The molecule has 2 N–H and O–H groups in total. The summed E-state index contributed by atoms with van der Waals surface area (Å²) in [6.45, 7) is 5.02. The fourth-order valence-electron chi connectivity index (χ4n) is 3.76.